The van der Waals surface area contributed by atoms with Gasteiger partial charge >= 0.3 is 0 Å². The van der Waals surface area contributed by atoms with Crippen LogP contribution in [0.4, 0.5) is 0 Å². The number of hydrogen-bond donors (Lipinski definition) is 1. The normalized spacial score (nSPS) is 50.4. The van der Waals surface area contributed by atoms with Gasteiger partial charge in [-0.25, -0.2) is 0 Å². The first kappa shape index (κ1) is 12.6. The molecule has 0 saturated carbocycles. The molecule has 0 spiro atoms. The Labute approximate surface area is 117 Å². The largest absolute Gasteiger partial charge is 0.310 e. The highest BCUT2D eigenvalue weighted by atomic mass is 15.2. The highest BCUT2D eigenvalue weighted by Gasteiger charge is 2.39. The summed E-state index contributed by atoms with van der Waals surface area (Å²) in [4.78, 5) is 5.35. The number of piperidine rings is 5. The zero-order valence-electron chi connectivity index (χ0n) is 12.4. The molecule has 3 atom stereocenters. The number of fused-ring (bicyclic) bond motifs is 5. The van der Waals surface area contributed by atoms with E-state index in [4.69, 9.17) is 0 Å². The molecule has 108 valence electrons. The van der Waals surface area contributed by atoms with Gasteiger partial charge in [0, 0.05) is 30.7 Å². The fraction of sp³-hybridized carbons (Fsp3) is 1.00. The van der Waals surface area contributed by atoms with Gasteiger partial charge < -0.3 is 15.1 Å². The minimum absolute atomic E-state index is 0.802. The molecule has 0 aromatic rings. The smallest absolute Gasteiger partial charge is 0.0226 e. The number of nitrogens with zero attached hydrogens (tertiary/aromatic N) is 2. The third kappa shape index (κ3) is 2.34. The highest BCUT2D eigenvalue weighted by molar-refractivity contribution is 4.97. The van der Waals surface area contributed by atoms with Crippen LogP contribution in [0.2, 0.25) is 0 Å². The fourth-order valence-corrected chi connectivity index (χ4v) is 5.21. The Bertz CT molecular complexity index is 310. The van der Waals surface area contributed by atoms with E-state index in [0.717, 1.165) is 30.1 Å². The van der Waals surface area contributed by atoms with E-state index in [1.54, 1.807) is 0 Å². The minimum Gasteiger partial charge on any atom is -0.310 e. The molecule has 0 aromatic heterocycles. The van der Waals surface area contributed by atoms with E-state index in [9.17, 15) is 0 Å². The molecule has 0 radical (unpaired) electrons. The van der Waals surface area contributed by atoms with Gasteiger partial charge in [-0.15, -0.1) is 0 Å². The Morgan fingerprint density at radius 3 is 2.21 bits per heavy atom. The lowest BCUT2D eigenvalue weighted by Gasteiger charge is -2.50. The maximum Gasteiger partial charge on any atom is 0.0226 e. The summed E-state index contributed by atoms with van der Waals surface area (Å²) in [5.74, 6) is 0.976. The van der Waals surface area contributed by atoms with Crippen molar-refractivity contribution in [2.24, 2.45) is 5.92 Å². The van der Waals surface area contributed by atoms with Gasteiger partial charge in [0.05, 0.1) is 0 Å². The standard InChI is InChI=1S/C16H29N3/c1-18-14-3-2-4-15(18)10-13(9-14)17-16-11-19-7-5-12(16)6-8-19/h12-17H,2-11H2,1H3. The van der Waals surface area contributed by atoms with Crippen molar-refractivity contribution in [1.82, 2.24) is 15.1 Å². The number of rotatable bonds is 2. The number of nitrogens with one attached hydrogen (secondary N) is 1. The molecule has 0 aromatic carbocycles. The monoisotopic (exact) mass is 263 g/mol. The zero-order valence-corrected chi connectivity index (χ0v) is 12.4. The van der Waals surface area contributed by atoms with Gasteiger partial charge in [-0.1, -0.05) is 6.42 Å². The lowest BCUT2D eigenvalue weighted by Crippen LogP contribution is -2.61. The van der Waals surface area contributed by atoms with Crippen LogP contribution in [0.15, 0.2) is 0 Å². The van der Waals surface area contributed by atoms with E-state index in [-0.39, 0.29) is 0 Å². The maximum absolute atomic E-state index is 4.07. The Morgan fingerprint density at radius 2 is 1.63 bits per heavy atom. The molecule has 5 heterocycles. The molecule has 0 aliphatic carbocycles. The van der Waals surface area contributed by atoms with Gasteiger partial charge in [-0.3, -0.25) is 0 Å². The quantitative estimate of drug-likeness (QED) is 0.818. The molecule has 4 bridgehead atoms. The molecular formula is C16H29N3. The summed E-state index contributed by atoms with van der Waals surface area (Å²) in [7, 11) is 2.36. The van der Waals surface area contributed by atoms with Crippen LogP contribution in [0.5, 0.6) is 0 Å². The second-order valence-corrected chi connectivity index (χ2v) is 7.48. The molecule has 3 heteroatoms. The van der Waals surface area contributed by atoms with Crippen molar-refractivity contribution in [3.63, 3.8) is 0 Å². The van der Waals surface area contributed by atoms with Crippen molar-refractivity contribution >= 4 is 0 Å². The van der Waals surface area contributed by atoms with Crippen LogP contribution in [-0.2, 0) is 0 Å². The molecule has 1 N–H and O–H groups in total. The summed E-state index contributed by atoms with van der Waals surface area (Å²) in [5, 5.41) is 4.07. The summed E-state index contributed by atoms with van der Waals surface area (Å²) in [6, 6.07) is 3.34. The van der Waals surface area contributed by atoms with Crippen LogP contribution < -0.4 is 5.32 Å². The van der Waals surface area contributed by atoms with Crippen molar-refractivity contribution in [1.29, 1.82) is 0 Å². The van der Waals surface area contributed by atoms with Gasteiger partial charge in [0.15, 0.2) is 0 Å². The van der Waals surface area contributed by atoms with E-state index < -0.39 is 0 Å². The molecule has 5 fully saturated rings. The minimum atomic E-state index is 0.802. The second kappa shape index (κ2) is 5.01. The first-order valence-electron chi connectivity index (χ1n) is 8.50. The highest BCUT2D eigenvalue weighted by Crippen LogP contribution is 2.34. The summed E-state index contributed by atoms with van der Waals surface area (Å²) >= 11 is 0. The molecule has 5 saturated heterocycles. The van der Waals surface area contributed by atoms with Crippen molar-refractivity contribution < 1.29 is 0 Å². The summed E-state index contributed by atoms with van der Waals surface area (Å²) in [6.45, 7) is 4.05. The Kier molecular flexibility index (Phi) is 3.33. The third-order valence-electron chi connectivity index (χ3n) is 6.45. The Hall–Kier alpha value is -0.120. The van der Waals surface area contributed by atoms with Crippen LogP contribution in [0.3, 0.4) is 0 Å². The van der Waals surface area contributed by atoms with Gasteiger partial charge in [0.1, 0.15) is 0 Å². The third-order valence-corrected chi connectivity index (χ3v) is 6.45. The van der Waals surface area contributed by atoms with E-state index >= 15 is 0 Å². The van der Waals surface area contributed by atoms with Gasteiger partial charge in [0.25, 0.3) is 0 Å². The van der Waals surface area contributed by atoms with Crippen LogP contribution in [-0.4, -0.2) is 60.6 Å². The molecule has 3 nitrogen and oxygen atoms in total. The van der Waals surface area contributed by atoms with Crippen molar-refractivity contribution in [3.05, 3.63) is 0 Å². The van der Waals surface area contributed by atoms with Crippen molar-refractivity contribution in [3.8, 4) is 0 Å². The van der Waals surface area contributed by atoms with E-state index in [1.165, 1.54) is 64.6 Å². The molecular weight excluding hydrogens is 234 g/mol. The van der Waals surface area contributed by atoms with E-state index in [1.807, 2.05) is 0 Å². The fourth-order valence-electron chi connectivity index (χ4n) is 5.21. The summed E-state index contributed by atoms with van der Waals surface area (Å²) in [5.41, 5.74) is 0. The molecule has 5 aliphatic rings. The lowest BCUT2D eigenvalue weighted by molar-refractivity contribution is 0.0239. The van der Waals surface area contributed by atoms with Crippen LogP contribution in [0.1, 0.15) is 44.9 Å². The predicted octanol–water partition coefficient (Wildman–Crippen LogP) is 1.69. The second-order valence-electron chi connectivity index (χ2n) is 7.48. The van der Waals surface area contributed by atoms with Crippen LogP contribution in [0.25, 0.3) is 0 Å². The average Bonchev–Trinajstić information content (AvgIpc) is 2.41. The van der Waals surface area contributed by atoms with E-state index in [0.29, 0.717) is 0 Å². The Balaban J connectivity index is 1.38. The molecule has 3 unspecified atom stereocenters. The van der Waals surface area contributed by atoms with E-state index in [2.05, 4.69) is 22.2 Å². The SMILES string of the molecule is CN1C2CCCC1CC(NC1CN3CCC1CC3)C2. The summed E-state index contributed by atoms with van der Waals surface area (Å²) in [6.07, 6.45) is 10.0. The predicted molar refractivity (Wildman–Crippen MR) is 78.3 cm³/mol. The lowest BCUT2D eigenvalue weighted by atomic mass is 9.79. The van der Waals surface area contributed by atoms with Crippen molar-refractivity contribution in [2.45, 2.75) is 69.1 Å². The molecule has 5 aliphatic heterocycles. The maximum atomic E-state index is 4.07. The van der Waals surface area contributed by atoms with Gasteiger partial charge in [-0.05, 0) is 64.6 Å². The number of hydrogen-bond acceptors (Lipinski definition) is 3. The first-order valence-corrected chi connectivity index (χ1v) is 8.50. The van der Waals surface area contributed by atoms with Gasteiger partial charge in [-0.2, -0.15) is 0 Å². The molecule has 0 amide bonds. The van der Waals surface area contributed by atoms with Crippen LogP contribution >= 0.6 is 0 Å². The molecule has 5 rings (SSSR count). The Morgan fingerprint density at radius 1 is 0.947 bits per heavy atom. The molecule has 19 heavy (non-hydrogen) atoms. The first-order chi connectivity index (χ1) is 9.29. The zero-order chi connectivity index (χ0) is 12.8. The topological polar surface area (TPSA) is 18.5 Å². The van der Waals surface area contributed by atoms with Crippen molar-refractivity contribution in [2.75, 3.05) is 26.7 Å². The average molecular weight is 263 g/mol. The van der Waals surface area contributed by atoms with Crippen LogP contribution in [0, 0.1) is 5.92 Å². The summed E-state index contributed by atoms with van der Waals surface area (Å²) < 4.78 is 0. The van der Waals surface area contributed by atoms with Gasteiger partial charge in [0.2, 0.25) is 0 Å².